The van der Waals surface area contributed by atoms with Gasteiger partial charge in [-0.1, -0.05) is 54.6 Å². The fourth-order valence-corrected chi connectivity index (χ4v) is 4.11. The van der Waals surface area contributed by atoms with Crippen molar-refractivity contribution >= 4 is 28.3 Å². The number of furan rings is 1. The number of carbonyl (C=O) groups is 2. The van der Waals surface area contributed by atoms with Crippen molar-refractivity contribution in [1.29, 1.82) is 0 Å². The van der Waals surface area contributed by atoms with Gasteiger partial charge in [0.05, 0.1) is 5.69 Å². The minimum absolute atomic E-state index is 0.0234. The van der Waals surface area contributed by atoms with Crippen LogP contribution in [0.3, 0.4) is 0 Å². The zero-order valence-electron chi connectivity index (χ0n) is 18.3. The van der Waals surface area contributed by atoms with Crippen molar-refractivity contribution in [2.24, 2.45) is 0 Å². The molecule has 0 aliphatic heterocycles. The Labute approximate surface area is 196 Å². The van der Waals surface area contributed by atoms with Gasteiger partial charge in [-0.2, -0.15) is 0 Å². The predicted molar refractivity (Wildman–Crippen MR) is 131 cm³/mol. The van der Waals surface area contributed by atoms with Gasteiger partial charge in [0.2, 0.25) is 11.8 Å². The average Bonchev–Trinajstić information content (AvgIpc) is 3.48. The minimum atomic E-state index is -0.0955. The molecule has 6 nitrogen and oxygen atoms in total. The SMILES string of the molecule is CC(=O)NCCc1ccc(-c2csc(NC(=O)CCc3ccc(-c4ccccc4)o3)n2)cc1. The van der Waals surface area contributed by atoms with E-state index in [9.17, 15) is 9.59 Å². The molecule has 4 rings (SSSR count). The first kappa shape index (κ1) is 22.5. The molecule has 2 amide bonds. The first-order valence-electron chi connectivity index (χ1n) is 10.8. The van der Waals surface area contributed by atoms with Crippen molar-refractivity contribution in [2.45, 2.75) is 26.2 Å². The second-order valence-electron chi connectivity index (χ2n) is 7.65. The molecule has 2 aromatic heterocycles. The van der Waals surface area contributed by atoms with Crippen LogP contribution in [0.1, 0.15) is 24.7 Å². The molecule has 33 heavy (non-hydrogen) atoms. The third kappa shape index (κ3) is 6.40. The van der Waals surface area contributed by atoms with Crippen LogP contribution in [0.25, 0.3) is 22.6 Å². The number of amides is 2. The Hall–Kier alpha value is -3.71. The van der Waals surface area contributed by atoms with E-state index in [0.29, 0.717) is 24.5 Å². The van der Waals surface area contributed by atoms with E-state index >= 15 is 0 Å². The molecule has 0 saturated heterocycles. The maximum Gasteiger partial charge on any atom is 0.226 e. The van der Waals surface area contributed by atoms with E-state index < -0.39 is 0 Å². The number of anilines is 1. The van der Waals surface area contributed by atoms with Crippen molar-refractivity contribution in [3.05, 3.63) is 83.4 Å². The average molecular weight is 460 g/mol. The lowest BCUT2D eigenvalue weighted by molar-refractivity contribution is -0.119. The number of rotatable bonds is 9. The van der Waals surface area contributed by atoms with Gasteiger partial charge >= 0.3 is 0 Å². The summed E-state index contributed by atoms with van der Waals surface area (Å²) >= 11 is 1.40. The molecule has 0 saturated carbocycles. The molecule has 0 radical (unpaired) electrons. The van der Waals surface area contributed by atoms with Gasteiger partial charge < -0.3 is 15.1 Å². The molecule has 0 aliphatic rings. The minimum Gasteiger partial charge on any atom is -0.461 e. The van der Waals surface area contributed by atoms with Crippen molar-refractivity contribution < 1.29 is 14.0 Å². The number of aryl methyl sites for hydroxylation is 1. The standard InChI is InChI=1S/C26H25N3O3S/c1-18(30)27-16-15-19-7-9-20(10-8-19)23-17-33-26(28-23)29-25(31)14-12-22-11-13-24(32-22)21-5-3-2-4-6-21/h2-11,13,17H,12,14-16H2,1H3,(H,27,30)(H,28,29,31). The lowest BCUT2D eigenvalue weighted by Crippen LogP contribution is -2.22. The van der Waals surface area contributed by atoms with E-state index in [4.69, 9.17) is 4.42 Å². The summed E-state index contributed by atoms with van der Waals surface area (Å²) in [4.78, 5) is 27.9. The summed E-state index contributed by atoms with van der Waals surface area (Å²) in [7, 11) is 0. The van der Waals surface area contributed by atoms with Gasteiger partial charge in [-0.15, -0.1) is 11.3 Å². The van der Waals surface area contributed by atoms with E-state index in [1.165, 1.54) is 18.3 Å². The molecule has 0 unspecified atom stereocenters. The first-order chi connectivity index (χ1) is 16.1. The van der Waals surface area contributed by atoms with Crippen LogP contribution in [0.2, 0.25) is 0 Å². The number of carbonyl (C=O) groups excluding carboxylic acids is 2. The Kier molecular flexibility index (Phi) is 7.32. The van der Waals surface area contributed by atoms with Crippen molar-refractivity contribution in [3.63, 3.8) is 0 Å². The smallest absolute Gasteiger partial charge is 0.226 e. The van der Waals surface area contributed by atoms with Crippen LogP contribution in [-0.4, -0.2) is 23.3 Å². The van der Waals surface area contributed by atoms with E-state index in [0.717, 1.165) is 40.3 Å². The zero-order valence-corrected chi connectivity index (χ0v) is 19.2. The highest BCUT2D eigenvalue weighted by Gasteiger charge is 2.11. The van der Waals surface area contributed by atoms with Crippen molar-refractivity contribution in [3.8, 4) is 22.6 Å². The Morgan fingerprint density at radius 2 is 1.73 bits per heavy atom. The predicted octanol–water partition coefficient (Wildman–Crippen LogP) is 5.32. The number of nitrogens with zero attached hydrogens (tertiary/aromatic N) is 1. The quantitative estimate of drug-likeness (QED) is 0.355. The maximum atomic E-state index is 12.4. The highest BCUT2D eigenvalue weighted by molar-refractivity contribution is 7.14. The van der Waals surface area contributed by atoms with Crippen LogP contribution in [-0.2, 0) is 22.4 Å². The van der Waals surface area contributed by atoms with Gasteiger partial charge in [0.15, 0.2) is 5.13 Å². The maximum absolute atomic E-state index is 12.4. The Morgan fingerprint density at radius 3 is 2.48 bits per heavy atom. The third-order valence-corrected chi connectivity index (χ3v) is 5.86. The second-order valence-corrected chi connectivity index (χ2v) is 8.51. The van der Waals surface area contributed by atoms with Gasteiger partial charge in [0.1, 0.15) is 11.5 Å². The van der Waals surface area contributed by atoms with E-state index in [2.05, 4.69) is 15.6 Å². The molecule has 0 fully saturated rings. The summed E-state index contributed by atoms with van der Waals surface area (Å²) in [5.74, 6) is 1.46. The summed E-state index contributed by atoms with van der Waals surface area (Å²) in [6.45, 7) is 2.13. The van der Waals surface area contributed by atoms with E-state index in [1.54, 1.807) is 0 Å². The molecule has 7 heteroatoms. The molecule has 0 bridgehead atoms. The number of thiazole rings is 1. The van der Waals surface area contributed by atoms with Crippen LogP contribution in [0.15, 0.2) is 76.5 Å². The lowest BCUT2D eigenvalue weighted by atomic mass is 10.1. The molecule has 4 aromatic rings. The number of hydrogen-bond donors (Lipinski definition) is 2. The number of hydrogen-bond acceptors (Lipinski definition) is 5. The van der Waals surface area contributed by atoms with Crippen molar-refractivity contribution in [1.82, 2.24) is 10.3 Å². The number of aromatic nitrogens is 1. The number of nitrogens with one attached hydrogen (secondary N) is 2. The van der Waals surface area contributed by atoms with Crippen LogP contribution < -0.4 is 10.6 Å². The van der Waals surface area contributed by atoms with Gasteiger partial charge in [-0.05, 0) is 24.1 Å². The summed E-state index contributed by atoms with van der Waals surface area (Å²) < 4.78 is 5.86. The summed E-state index contributed by atoms with van der Waals surface area (Å²) in [5.41, 5.74) is 3.97. The highest BCUT2D eigenvalue weighted by Crippen LogP contribution is 2.26. The Balaban J connectivity index is 1.27. The van der Waals surface area contributed by atoms with Gasteiger partial charge in [-0.25, -0.2) is 4.98 Å². The normalized spacial score (nSPS) is 10.7. The summed E-state index contributed by atoms with van der Waals surface area (Å²) in [6.07, 6.45) is 1.62. The van der Waals surface area contributed by atoms with Gasteiger partial charge in [0.25, 0.3) is 0 Å². The molecule has 2 N–H and O–H groups in total. The Bertz CT molecular complexity index is 1210. The second kappa shape index (κ2) is 10.7. The van der Waals surface area contributed by atoms with Crippen LogP contribution in [0.5, 0.6) is 0 Å². The fourth-order valence-electron chi connectivity index (χ4n) is 3.38. The number of benzene rings is 2. The molecule has 0 aliphatic carbocycles. The molecular formula is C26H25N3O3S. The van der Waals surface area contributed by atoms with E-state index in [1.807, 2.05) is 72.1 Å². The summed E-state index contributed by atoms with van der Waals surface area (Å²) in [5, 5.41) is 8.18. The largest absolute Gasteiger partial charge is 0.461 e. The lowest BCUT2D eigenvalue weighted by Gasteiger charge is -2.04. The van der Waals surface area contributed by atoms with Crippen molar-refractivity contribution in [2.75, 3.05) is 11.9 Å². The molecule has 2 aromatic carbocycles. The molecule has 168 valence electrons. The topological polar surface area (TPSA) is 84.2 Å². The summed E-state index contributed by atoms with van der Waals surface area (Å²) in [6, 6.07) is 21.8. The zero-order chi connectivity index (χ0) is 23.0. The van der Waals surface area contributed by atoms with Crippen LogP contribution in [0, 0.1) is 0 Å². The van der Waals surface area contributed by atoms with Crippen LogP contribution >= 0.6 is 11.3 Å². The monoisotopic (exact) mass is 459 g/mol. The third-order valence-electron chi connectivity index (χ3n) is 5.11. The van der Waals surface area contributed by atoms with Gasteiger partial charge in [0, 0.05) is 42.8 Å². The van der Waals surface area contributed by atoms with Gasteiger partial charge in [-0.3, -0.25) is 9.59 Å². The fraction of sp³-hybridized carbons (Fsp3) is 0.192. The van der Waals surface area contributed by atoms with E-state index in [-0.39, 0.29) is 11.8 Å². The molecule has 0 atom stereocenters. The van der Waals surface area contributed by atoms with Crippen LogP contribution in [0.4, 0.5) is 5.13 Å². The molecular weight excluding hydrogens is 434 g/mol. The highest BCUT2D eigenvalue weighted by atomic mass is 32.1. The first-order valence-corrected chi connectivity index (χ1v) is 11.7. The molecule has 0 spiro atoms. The Morgan fingerprint density at radius 1 is 0.939 bits per heavy atom. The molecule has 2 heterocycles.